The molecule has 0 spiro atoms. The van der Waals surface area contributed by atoms with Crippen molar-refractivity contribution >= 4 is 11.1 Å². The Morgan fingerprint density at radius 1 is 1.27 bits per heavy atom. The fourth-order valence-corrected chi connectivity index (χ4v) is 1.52. The van der Waals surface area contributed by atoms with Crippen LogP contribution < -0.4 is 4.18 Å². The molecule has 0 heterocycles. The third-order valence-corrected chi connectivity index (χ3v) is 2.43. The van der Waals surface area contributed by atoms with Crippen LogP contribution in [0.5, 0.6) is 5.75 Å². The second-order valence-corrected chi connectivity index (χ2v) is 4.02. The van der Waals surface area contributed by atoms with Crippen LogP contribution in [0.1, 0.15) is 5.56 Å². The second-order valence-electron chi connectivity index (χ2n) is 2.96. The van der Waals surface area contributed by atoms with Crippen LogP contribution in [-0.4, -0.2) is 16.1 Å². The summed E-state index contributed by atoms with van der Waals surface area (Å²) in [6.45, 7) is 1.83. The molecule has 0 bridgehead atoms. The molecule has 1 aromatic carbocycles. The monoisotopic (exact) mass is 238 g/mol. The van der Waals surface area contributed by atoms with Gasteiger partial charge in [0.25, 0.3) is 0 Å². The highest BCUT2D eigenvalue weighted by Gasteiger charge is 2.31. The predicted molar refractivity (Wildman–Crippen MR) is 50.9 cm³/mol. The van der Waals surface area contributed by atoms with Crippen LogP contribution in [-0.2, 0) is 11.1 Å². The largest absolute Gasteiger partial charge is 0.403 e. The summed E-state index contributed by atoms with van der Waals surface area (Å²) in [5, 5.41) is 0. The average molecular weight is 238 g/mol. The molecule has 1 aromatic rings. The van der Waals surface area contributed by atoms with Crippen molar-refractivity contribution in [2.24, 2.45) is 0 Å². The van der Waals surface area contributed by atoms with Crippen LogP contribution in [0.3, 0.4) is 0 Å². The number of hydrogen-bond donors (Lipinski definition) is 0. The molecule has 0 fully saturated rings. The number of aryl methyl sites for hydroxylation is 1. The van der Waals surface area contributed by atoms with Gasteiger partial charge in [-0.15, -0.1) is 0 Å². The van der Waals surface area contributed by atoms with E-state index in [1.807, 2.05) is 6.92 Å². The highest BCUT2D eigenvalue weighted by atomic mass is 32.2. The predicted octanol–water partition coefficient (Wildman–Crippen LogP) is 2.60. The van der Waals surface area contributed by atoms with E-state index in [9.17, 15) is 17.4 Å². The molecule has 15 heavy (non-hydrogen) atoms. The van der Waals surface area contributed by atoms with E-state index >= 15 is 0 Å². The van der Waals surface area contributed by atoms with Crippen LogP contribution >= 0.6 is 0 Å². The Morgan fingerprint density at radius 3 is 2.27 bits per heavy atom. The zero-order valence-corrected chi connectivity index (χ0v) is 8.69. The van der Waals surface area contributed by atoms with Gasteiger partial charge in [-0.2, -0.15) is 13.2 Å². The molecule has 6 heteroatoms. The summed E-state index contributed by atoms with van der Waals surface area (Å²) in [4.78, 5) is 0. The minimum Gasteiger partial charge on any atom is -0.400 e. The molecule has 1 rings (SSSR count). The summed E-state index contributed by atoms with van der Waals surface area (Å²) in [7, 11) is 0. The molecule has 0 aromatic heterocycles. The van der Waals surface area contributed by atoms with Crippen molar-refractivity contribution in [3.05, 3.63) is 29.8 Å². The van der Waals surface area contributed by atoms with Gasteiger partial charge in [-0.05, 0) is 19.1 Å². The molecule has 84 valence electrons. The van der Waals surface area contributed by atoms with Gasteiger partial charge in [0.05, 0.1) is 0 Å². The Labute approximate surface area is 87.7 Å². The molecular formula is C9H9F3O2S. The fourth-order valence-electron chi connectivity index (χ4n) is 0.864. The maximum Gasteiger partial charge on any atom is 0.403 e. The smallest absolute Gasteiger partial charge is 0.400 e. The summed E-state index contributed by atoms with van der Waals surface area (Å²) in [5.41, 5.74) is 0.948. The van der Waals surface area contributed by atoms with Crippen molar-refractivity contribution in [1.82, 2.24) is 0 Å². The molecular weight excluding hydrogens is 229 g/mol. The van der Waals surface area contributed by atoms with E-state index in [0.29, 0.717) is 0 Å². The van der Waals surface area contributed by atoms with E-state index in [4.69, 9.17) is 0 Å². The van der Waals surface area contributed by atoms with Crippen molar-refractivity contribution in [1.29, 1.82) is 0 Å². The highest BCUT2D eigenvalue weighted by Crippen LogP contribution is 2.18. The van der Waals surface area contributed by atoms with Crippen LogP contribution in [0.2, 0.25) is 0 Å². The van der Waals surface area contributed by atoms with E-state index in [1.54, 1.807) is 12.1 Å². The van der Waals surface area contributed by atoms with Crippen LogP contribution in [0.15, 0.2) is 24.3 Å². The quantitative estimate of drug-likeness (QED) is 0.809. The number of hydrogen-bond acceptors (Lipinski definition) is 2. The van der Waals surface area contributed by atoms with Gasteiger partial charge in [0.15, 0.2) is 5.75 Å². The molecule has 2 nitrogen and oxygen atoms in total. The third-order valence-electron chi connectivity index (χ3n) is 1.49. The van der Waals surface area contributed by atoms with Crippen molar-refractivity contribution in [3.63, 3.8) is 0 Å². The lowest BCUT2D eigenvalue weighted by atomic mass is 10.2. The van der Waals surface area contributed by atoms with E-state index in [1.165, 1.54) is 12.1 Å². The van der Waals surface area contributed by atoms with Crippen LogP contribution in [0, 0.1) is 6.92 Å². The number of benzene rings is 1. The fraction of sp³-hybridized carbons (Fsp3) is 0.333. The van der Waals surface area contributed by atoms with Gasteiger partial charge in [-0.3, -0.25) is 0 Å². The summed E-state index contributed by atoms with van der Waals surface area (Å²) in [6.07, 6.45) is -4.48. The van der Waals surface area contributed by atoms with Crippen molar-refractivity contribution in [2.45, 2.75) is 13.1 Å². The van der Waals surface area contributed by atoms with E-state index in [-0.39, 0.29) is 5.75 Å². The molecule has 0 N–H and O–H groups in total. The van der Waals surface area contributed by atoms with Gasteiger partial charge < -0.3 is 4.18 Å². The van der Waals surface area contributed by atoms with Crippen LogP contribution in [0.4, 0.5) is 13.2 Å². The number of alkyl halides is 3. The lowest BCUT2D eigenvalue weighted by molar-refractivity contribution is -0.106. The third kappa shape index (κ3) is 4.83. The van der Waals surface area contributed by atoms with Gasteiger partial charge in [0, 0.05) is 0 Å². The normalized spacial score (nSPS) is 13.6. The maximum absolute atomic E-state index is 11.8. The minimum atomic E-state index is -4.48. The van der Waals surface area contributed by atoms with Gasteiger partial charge in [-0.1, -0.05) is 17.7 Å². The second kappa shape index (κ2) is 4.65. The zero-order chi connectivity index (χ0) is 11.5. The summed E-state index contributed by atoms with van der Waals surface area (Å²) in [5.74, 6) is -1.29. The Bertz CT molecular complexity index is 345. The molecule has 0 aliphatic heterocycles. The Balaban J connectivity index is 2.55. The first kappa shape index (κ1) is 12.0. The summed E-state index contributed by atoms with van der Waals surface area (Å²) >= 11 is -2.37. The highest BCUT2D eigenvalue weighted by molar-refractivity contribution is 7.80. The standard InChI is InChI=1S/C9H9F3O2S/c1-7-2-4-8(5-3-7)14-15(13)6-9(10,11)12/h2-5H,6H2,1H3. The van der Waals surface area contributed by atoms with Gasteiger partial charge >= 0.3 is 6.18 Å². The SMILES string of the molecule is Cc1ccc(OS(=O)CC(F)(F)F)cc1. The Hall–Kier alpha value is -1.04. The molecule has 0 radical (unpaired) electrons. The van der Waals surface area contributed by atoms with Crippen molar-refractivity contribution in [2.75, 3.05) is 5.75 Å². The lowest BCUT2D eigenvalue weighted by Crippen LogP contribution is -2.21. The molecule has 0 aliphatic carbocycles. The first-order chi connectivity index (χ1) is 6.87. The number of halogens is 3. The molecule has 0 saturated carbocycles. The lowest BCUT2D eigenvalue weighted by Gasteiger charge is -2.07. The van der Waals surface area contributed by atoms with Gasteiger partial charge in [0.1, 0.15) is 5.75 Å². The van der Waals surface area contributed by atoms with Gasteiger partial charge in [-0.25, -0.2) is 4.21 Å². The maximum atomic E-state index is 11.8. The minimum absolute atomic E-state index is 0.170. The molecule has 0 saturated heterocycles. The van der Waals surface area contributed by atoms with E-state index in [2.05, 4.69) is 4.18 Å². The zero-order valence-electron chi connectivity index (χ0n) is 7.88. The Morgan fingerprint density at radius 2 is 1.80 bits per heavy atom. The summed E-state index contributed by atoms with van der Waals surface area (Å²) in [6, 6.07) is 6.29. The van der Waals surface area contributed by atoms with Gasteiger partial charge in [0.2, 0.25) is 11.1 Å². The molecule has 1 atom stereocenters. The molecule has 1 unspecified atom stereocenters. The van der Waals surface area contributed by atoms with E-state index in [0.717, 1.165) is 5.56 Å². The molecule has 0 aliphatic rings. The topological polar surface area (TPSA) is 26.3 Å². The first-order valence-electron chi connectivity index (χ1n) is 4.07. The molecule has 0 amide bonds. The van der Waals surface area contributed by atoms with Crippen LogP contribution in [0.25, 0.3) is 0 Å². The number of rotatable bonds is 3. The van der Waals surface area contributed by atoms with Crippen molar-refractivity contribution in [3.8, 4) is 5.75 Å². The van der Waals surface area contributed by atoms with Crippen molar-refractivity contribution < 1.29 is 21.6 Å². The average Bonchev–Trinajstić information content (AvgIpc) is 2.05. The van der Waals surface area contributed by atoms with E-state index < -0.39 is 23.0 Å². The summed E-state index contributed by atoms with van der Waals surface area (Å²) < 4.78 is 50.9. The Kier molecular flexibility index (Phi) is 3.73. The first-order valence-corrected chi connectivity index (χ1v) is 5.31.